The Morgan fingerprint density at radius 2 is 1.81 bits per heavy atom. The number of allylic oxidation sites excluding steroid dienone is 1. The lowest BCUT2D eigenvalue weighted by Gasteiger charge is -2.65. The minimum absolute atomic E-state index is 0.000532. The van der Waals surface area contributed by atoms with Crippen LogP contribution in [0, 0.1) is 16.7 Å². The van der Waals surface area contributed by atoms with Gasteiger partial charge in [-0.15, -0.1) is 0 Å². The molecule has 0 radical (unpaired) electrons. The van der Waals surface area contributed by atoms with Gasteiger partial charge in [0.15, 0.2) is 19.9 Å². The minimum atomic E-state index is -2.28. The predicted molar refractivity (Wildman–Crippen MR) is 104 cm³/mol. The molecule has 0 aromatic heterocycles. The number of Topliss-reactive ketones (excluding diaryl/α,β-unsaturated/α-hetero) is 2. The molecule has 0 heterocycles. The van der Waals surface area contributed by atoms with E-state index in [0.29, 0.717) is 12.8 Å². The smallest absolute Gasteiger partial charge is 0.193 e. The van der Waals surface area contributed by atoms with Crippen molar-refractivity contribution in [3.63, 3.8) is 0 Å². The minimum Gasteiger partial charge on any atom is -0.403 e. The Morgan fingerprint density at radius 1 is 1.23 bits per heavy atom. The van der Waals surface area contributed by atoms with Gasteiger partial charge in [-0.2, -0.15) is 0 Å². The van der Waals surface area contributed by atoms with Crippen LogP contribution in [0.5, 0.6) is 0 Å². The highest BCUT2D eigenvalue weighted by Crippen LogP contribution is 2.64. The number of carbonyl (C=O) groups is 2. The summed E-state index contributed by atoms with van der Waals surface area (Å²) in [5.74, 6) is -0.125. The molecule has 3 rings (SSSR count). The average molecular weight is 379 g/mol. The summed E-state index contributed by atoms with van der Waals surface area (Å²) in [7, 11) is -2.28. The number of fused-ring (bicyclic) bond motifs is 1. The van der Waals surface area contributed by atoms with Gasteiger partial charge in [-0.05, 0) is 51.2 Å². The van der Waals surface area contributed by atoms with Crippen molar-refractivity contribution in [2.24, 2.45) is 16.7 Å². The normalized spacial score (nSPS) is 43.3. The summed E-state index contributed by atoms with van der Waals surface area (Å²) in [6, 6.07) is 0. The number of hydrogen-bond acceptors (Lipinski definition) is 4. The second-order valence-corrected chi connectivity index (χ2v) is 15.4. The van der Waals surface area contributed by atoms with Crippen molar-refractivity contribution in [3.8, 4) is 0 Å². The Kier molecular flexibility index (Phi) is 4.14. The maximum atomic E-state index is 13.7. The van der Waals surface area contributed by atoms with Crippen LogP contribution in [0.1, 0.15) is 60.8 Å². The van der Waals surface area contributed by atoms with Gasteiger partial charge in [0.1, 0.15) is 5.60 Å². The zero-order valence-electron chi connectivity index (χ0n) is 17.5. The molecule has 2 saturated carbocycles. The van der Waals surface area contributed by atoms with E-state index in [1.54, 1.807) is 6.92 Å². The summed E-state index contributed by atoms with van der Waals surface area (Å²) >= 11 is 0. The first-order valence-corrected chi connectivity index (χ1v) is 12.7. The van der Waals surface area contributed by atoms with Crippen molar-refractivity contribution < 1.29 is 19.1 Å². The van der Waals surface area contributed by atoms with E-state index in [9.17, 15) is 14.7 Å². The third-order valence-corrected chi connectivity index (χ3v) is 12.7. The number of hydrogen-bond donors (Lipinski definition) is 1. The van der Waals surface area contributed by atoms with Gasteiger partial charge in [0.2, 0.25) is 0 Å². The molecule has 0 spiro atoms. The van der Waals surface area contributed by atoms with E-state index in [1.165, 1.54) is 0 Å². The zero-order valence-corrected chi connectivity index (χ0v) is 18.5. The Balaban J connectivity index is 2.22. The second kappa shape index (κ2) is 5.39. The van der Waals surface area contributed by atoms with Crippen LogP contribution in [0.3, 0.4) is 0 Å². The van der Waals surface area contributed by atoms with Crippen LogP contribution < -0.4 is 0 Å². The molecule has 0 aromatic carbocycles. The molecule has 2 fully saturated rings. The summed E-state index contributed by atoms with van der Waals surface area (Å²) in [5, 5.41) is 10.7. The van der Waals surface area contributed by atoms with Crippen LogP contribution in [0.4, 0.5) is 0 Å². The van der Waals surface area contributed by atoms with Gasteiger partial charge in [-0.3, -0.25) is 9.59 Å². The fraction of sp³-hybridized carbons (Fsp3) is 0.810. The number of carbonyl (C=O) groups excluding carboxylic acids is 2. The fourth-order valence-corrected chi connectivity index (χ4v) is 6.84. The molecule has 5 heteroatoms. The van der Waals surface area contributed by atoms with E-state index in [0.717, 1.165) is 5.57 Å². The summed E-state index contributed by atoms with van der Waals surface area (Å²) in [6.07, 6.45) is 2.37. The van der Waals surface area contributed by atoms with Crippen LogP contribution in [-0.2, 0) is 14.0 Å². The van der Waals surface area contributed by atoms with Gasteiger partial charge in [-0.1, -0.05) is 32.4 Å². The predicted octanol–water partition coefficient (Wildman–Crippen LogP) is 4.03. The third kappa shape index (κ3) is 2.20. The van der Waals surface area contributed by atoms with Gasteiger partial charge >= 0.3 is 0 Å². The quantitative estimate of drug-likeness (QED) is 0.582. The molecule has 0 aromatic rings. The molecular weight excluding hydrogens is 344 g/mol. The summed E-state index contributed by atoms with van der Waals surface area (Å²) in [6.45, 7) is 16.5. The molecule has 2 bridgehead atoms. The summed E-state index contributed by atoms with van der Waals surface area (Å²) in [5.41, 5.74) is -1.87. The monoisotopic (exact) mass is 378 g/mol. The van der Waals surface area contributed by atoms with E-state index >= 15 is 0 Å². The second-order valence-electron chi connectivity index (χ2n) is 10.7. The lowest BCUT2D eigenvalue weighted by Crippen LogP contribution is -2.76. The Morgan fingerprint density at radius 3 is 2.35 bits per heavy atom. The maximum Gasteiger partial charge on any atom is 0.193 e. The van der Waals surface area contributed by atoms with Gasteiger partial charge < -0.3 is 9.53 Å². The van der Waals surface area contributed by atoms with E-state index in [4.69, 9.17) is 4.43 Å². The van der Waals surface area contributed by atoms with Gasteiger partial charge in [-0.25, -0.2) is 0 Å². The fourth-order valence-electron chi connectivity index (χ4n) is 5.26. The van der Waals surface area contributed by atoms with Gasteiger partial charge in [0.05, 0.1) is 16.9 Å². The molecule has 26 heavy (non-hydrogen) atoms. The Hall–Kier alpha value is -0.783. The van der Waals surface area contributed by atoms with Crippen molar-refractivity contribution in [2.75, 3.05) is 0 Å². The highest BCUT2D eigenvalue weighted by atomic mass is 28.4. The van der Waals surface area contributed by atoms with Gasteiger partial charge in [0.25, 0.3) is 0 Å². The van der Waals surface area contributed by atoms with Crippen molar-refractivity contribution in [1.82, 2.24) is 0 Å². The first-order valence-electron chi connectivity index (χ1n) is 9.76. The number of ketones is 2. The van der Waals surface area contributed by atoms with E-state index in [1.807, 2.05) is 13.8 Å². The Bertz CT molecular complexity index is 703. The van der Waals surface area contributed by atoms with E-state index < -0.39 is 30.9 Å². The van der Waals surface area contributed by atoms with Crippen LogP contribution in [0.25, 0.3) is 0 Å². The van der Waals surface area contributed by atoms with Crippen molar-refractivity contribution in [1.29, 1.82) is 0 Å². The first kappa shape index (κ1) is 20.0. The van der Waals surface area contributed by atoms with E-state index in [-0.39, 0.29) is 28.9 Å². The standard InChI is InChI=1S/C21H34O4Si/c1-13-9-10-21(25-26(7,8)18(2,3)4)16(23)12-19(5)15(22)11-14(13)20(21,6)17(19)24/h9,14-15,22H,10-12H2,1-8H3/t14-,15-,19?,20?,21+/m0/s1. The molecular formula is C21H34O4Si. The topological polar surface area (TPSA) is 63.6 Å². The molecule has 0 saturated heterocycles. The van der Waals surface area contributed by atoms with Crippen molar-refractivity contribution >= 4 is 19.9 Å². The molecule has 5 atom stereocenters. The van der Waals surface area contributed by atoms with Gasteiger partial charge in [0, 0.05) is 12.8 Å². The highest BCUT2D eigenvalue weighted by molar-refractivity contribution is 6.74. The molecule has 3 aliphatic rings. The molecule has 3 aliphatic carbocycles. The first-order chi connectivity index (χ1) is 11.6. The SMILES string of the molecule is CC1=CC[C@@]2(O[Si](C)(C)C(C)(C)C)C(=O)CC3(C)C(=O)C2(C)[C@H]1C[C@@H]3O. The number of aliphatic hydroxyl groups excluding tert-OH is 1. The molecule has 0 amide bonds. The summed E-state index contributed by atoms with van der Waals surface area (Å²) in [4.78, 5) is 27.3. The zero-order chi connectivity index (χ0) is 19.9. The molecule has 0 aliphatic heterocycles. The third-order valence-electron chi connectivity index (χ3n) is 8.20. The van der Waals surface area contributed by atoms with Crippen molar-refractivity contribution in [2.45, 2.75) is 90.6 Å². The molecule has 146 valence electrons. The number of aliphatic hydroxyl groups is 1. The number of rotatable bonds is 2. The Labute approximate surface area is 158 Å². The van der Waals surface area contributed by atoms with Crippen LogP contribution in [-0.4, -0.2) is 36.7 Å². The highest BCUT2D eigenvalue weighted by Gasteiger charge is 2.74. The van der Waals surface area contributed by atoms with Crippen LogP contribution in [0.15, 0.2) is 11.6 Å². The average Bonchev–Trinajstić information content (AvgIpc) is 2.49. The maximum absolute atomic E-state index is 13.7. The van der Waals surface area contributed by atoms with E-state index in [2.05, 4.69) is 39.9 Å². The molecule has 2 unspecified atom stereocenters. The van der Waals surface area contributed by atoms with Crippen LogP contribution in [0.2, 0.25) is 18.1 Å². The largest absolute Gasteiger partial charge is 0.403 e. The lowest BCUT2D eigenvalue weighted by atomic mass is 9.42. The molecule has 1 N–H and O–H groups in total. The van der Waals surface area contributed by atoms with Crippen molar-refractivity contribution in [3.05, 3.63) is 11.6 Å². The van der Waals surface area contributed by atoms with Crippen LogP contribution >= 0.6 is 0 Å². The lowest BCUT2D eigenvalue weighted by molar-refractivity contribution is -0.203. The summed E-state index contributed by atoms with van der Waals surface area (Å²) < 4.78 is 6.84. The molecule has 4 nitrogen and oxygen atoms in total.